The summed E-state index contributed by atoms with van der Waals surface area (Å²) in [6, 6.07) is 11.0. The van der Waals surface area contributed by atoms with Crippen molar-refractivity contribution in [2.45, 2.75) is 0 Å². The van der Waals surface area contributed by atoms with Crippen LogP contribution in [0.5, 0.6) is 0 Å². The van der Waals surface area contributed by atoms with E-state index in [0.29, 0.717) is 24.5 Å². The smallest absolute Gasteiger partial charge is 0.271 e. The van der Waals surface area contributed by atoms with Crippen molar-refractivity contribution in [3.8, 4) is 0 Å². The minimum Gasteiger partial charge on any atom is -0.395 e. The quantitative estimate of drug-likeness (QED) is 0.423. The highest BCUT2D eigenvalue weighted by atomic mass is 35.5. The lowest BCUT2D eigenvalue weighted by atomic mass is 10.2. The Bertz CT molecular complexity index is 746. The van der Waals surface area contributed by atoms with Crippen LogP contribution in [0.15, 0.2) is 52.7 Å². The lowest BCUT2D eigenvalue weighted by Gasteiger charge is -2.22. The van der Waals surface area contributed by atoms with Crippen LogP contribution in [0.3, 0.4) is 0 Å². The Hall–Kier alpha value is -2.55. The number of non-ortho nitro benzene ring substituents is 1. The lowest BCUT2D eigenvalue weighted by molar-refractivity contribution is -0.384. The van der Waals surface area contributed by atoms with Crippen molar-refractivity contribution in [1.29, 1.82) is 0 Å². The number of nitro groups is 1. The normalized spacial score (nSPS) is 11.0. The predicted molar refractivity (Wildman–Crippen MR) is 95.1 cm³/mol. The number of nitro benzene ring substituents is 1. The molecule has 0 saturated carbocycles. The van der Waals surface area contributed by atoms with Crippen molar-refractivity contribution < 1.29 is 15.1 Å². The summed E-state index contributed by atoms with van der Waals surface area (Å²) in [5, 5.41) is 37.0. The van der Waals surface area contributed by atoms with Gasteiger partial charge in [-0.15, -0.1) is 5.11 Å². The van der Waals surface area contributed by atoms with E-state index in [-0.39, 0.29) is 23.9 Å². The summed E-state index contributed by atoms with van der Waals surface area (Å²) < 4.78 is 0. The van der Waals surface area contributed by atoms with Crippen molar-refractivity contribution in [2.24, 2.45) is 10.2 Å². The Morgan fingerprint density at radius 3 is 2.20 bits per heavy atom. The average Bonchev–Trinajstić information content (AvgIpc) is 2.61. The maximum atomic E-state index is 10.7. The topological polar surface area (TPSA) is 112 Å². The molecule has 0 amide bonds. The minimum atomic E-state index is -0.532. The molecule has 25 heavy (non-hydrogen) atoms. The molecule has 0 saturated heterocycles. The predicted octanol–water partition coefficient (Wildman–Crippen LogP) is 3.45. The molecule has 0 spiro atoms. The summed E-state index contributed by atoms with van der Waals surface area (Å²) in [4.78, 5) is 12.0. The fourth-order valence-corrected chi connectivity index (χ4v) is 2.36. The van der Waals surface area contributed by atoms with Crippen LogP contribution in [0.25, 0.3) is 0 Å². The number of aliphatic hydroxyl groups is 2. The fourth-order valence-electron chi connectivity index (χ4n) is 2.14. The number of hydrogen-bond donors (Lipinski definition) is 2. The van der Waals surface area contributed by atoms with E-state index in [0.717, 1.165) is 5.69 Å². The van der Waals surface area contributed by atoms with Crippen LogP contribution < -0.4 is 4.90 Å². The third-order valence-electron chi connectivity index (χ3n) is 3.37. The molecule has 132 valence electrons. The molecule has 2 rings (SSSR count). The van der Waals surface area contributed by atoms with Gasteiger partial charge in [-0.1, -0.05) is 11.6 Å². The second kappa shape index (κ2) is 9.07. The molecular formula is C16H17ClN4O4. The summed E-state index contributed by atoms with van der Waals surface area (Å²) in [6.07, 6.45) is 0. The van der Waals surface area contributed by atoms with Crippen LogP contribution in [-0.4, -0.2) is 41.4 Å². The zero-order valence-corrected chi connectivity index (χ0v) is 14.0. The van der Waals surface area contributed by atoms with E-state index >= 15 is 0 Å². The highest BCUT2D eigenvalue weighted by Gasteiger charge is 2.09. The second-order valence-electron chi connectivity index (χ2n) is 5.04. The molecule has 0 heterocycles. The first kappa shape index (κ1) is 18.8. The molecular weight excluding hydrogens is 348 g/mol. The molecule has 0 aliphatic heterocycles. The Kier molecular flexibility index (Phi) is 6.81. The highest BCUT2D eigenvalue weighted by Crippen LogP contribution is 2.30. The van der Waals surface area contributed by atoms with E-state index in [1.165, 1.54) is 18.2 Å². The summed E-state index contributed by atoms with van der Waals surface area (Å²) >= 11 is 5.96. The maximum Gasteiger partial charge on any atom is 0.271 e. The molecule has 2 aromatic rings. The number of nitrogens with zero attached hydrogens (tertiary/aromatic N) is 4. The van der Waals surface area contributed by atoms with E-state index in [4.69, 9.17) is 21.8 Å². The SMILES string of the molecule is O=[N+]([O-])c1ccc(N=Nc2ccc(N(CCO)CCO)cc2)c(Cl)c1. The number of aliphatic hydroxyl groups excluding tert-OH is 2. The molecule has 2 N–H and O–H groups in total. The number of benzene rings is 2. The summed E-state index contributed by atoms with van der Waals surface area (Å²) in [5.41, 5.74) is 1.64. The van der Waals surface area contributed by atoms with Crippen LogP contribution in [0.1, 0.15) is 0 Å². The van der Waals surface area contributed by atoms with Crippen LogP contribution >= 0.6 is 11.6 Å². The molecule has 0 fully saturated rings. The number of rotatable bonds is 8. The molecule has 2 aromatic carbocycles. The monoisotopic (exact) mass is 364 g/mol. The molecule has 0 aromatic heterocycles. The van der Waals surface area contributed by atoms with Gasteiger partial charge in [0.1, 0.15) is 5.69 Å². The Morgan fingerprint density at radius 1 is 1.04 bits per heavy atom. The van der Waals surface area contributed by atoms with Gasteiger partial charge in [0.25, 0.3) is 5.69 Å². The van der Waals surface area contributed by atoms with Gasteiger partial charge in [0.05, 0.1) is 28.8 Å². The van der Waals surface area contributed by atoms with Crippen LogP contribution in [0.2, 0.25) is 5.02 Å². The largest absolute Gasteiger partial charge is 0.395 e. The second-order valence-corrected chi connectivity index (χ2v) is 5.45. The van der Waals surface area contributed by atoms with Gasteiger partial charge in [-0.25, -0.2) is 0 Å². The third-order valence-corrected chi connectivity index (χ3v) is 3.67. The van der Waals surface area contributed by atoms with Crippen molar-refractivity contribution >= 4 is 34.4 Å². The Morgan fingerprint density at radius 2 is 1.68 bits per heavy atom. The van der Waals surface area contributed by atoms with Crippen molar-refractivity contribution in [2.75, 3.05) is 31.2 Å². The minimum absolute atomic E-state index is 0.0138. The van der Waals surface area contributed by atoms with Gasteiger partial charge >= 0.3 is 0 Å². The summed E-state index contributed by atoms with van der Waals surface area (Å²) in [7, 11) is 0. The fraction of sp³-hybridized carbons (Fsp3) is 0.250. The number of hydrogen-bond acceptors (Lipinski definition) is 7. The first-order valence-corrected chi connectivity index (χ1v) is 7.85. The zero-order valence-electron chi connectivity index (χ0n) is 13.2. The van der Waals surface area contributed by atoms with Gasteiger partial charge in [0.15, 0.2) is 0 Å². The molecule has 8 nitrogen and oxygen atoms in total. The molecule has 0 aliphatic rings. The van der Waals surface area contributed by atoms with Crippen molar-refractivity contribution in [3.63, 3.8) is 0 Å². The van der Waals surface area contributed by atoms with Crippen molar-refractivity contribution in [1.82, 2.24) is 0 Å². The lowest BCUT2D eigenvalue weighted by Crippen LogP contribution is -2.29. The number of halogens is 1. The van der Waals surface area contributed by atoms with Crippen LogP contribution in [0.4, 0.5) is 22.7 Å². The zero-order chi connectivity index (χ0) is 18.2. The molecule has 9 heteroatoms. The van der Waals surface area contributed by atoms with E-state index in [1.54, 1.807) is 24.3 Å². The van der Waals surface area contributed by atoms with E-state index in [2.05, 4.69) is 10.2 Å². The van der Waals surface area contributed by atoms with Gasteiger partial charge < -0.3 is 15.1 Å². The standard InChI is InChI=1S/C16H17ClN4O4/c17-15-11-14(21(24)25)5-6-16(15)19-18-12-1-3-13(4-2-12)20(7-9-22)8-10-23/h1-6,11,22-23H,7-10H2. The van der Waals surface area contributed by atoms with E-state index < -0.39 is 4.92 Å². The molecule has 0 bridgehead atoms. The third kappa shape index (κ3) is 5.21. The van der Waals surface area contributed by atoms with Crippen molar-refractivity contribution in [3.05, 3.63) is 57.6 Å². The highest BCUT2D eigenvalue weighted by molar-refractivity contribution is 6.33. The summed E-state index contributed by atoms with van der Waals surface area (Å²) in [5.74, 6) is 0. The number of azo groups is 1. The van der Waals surface area contributed by atoms with Gasteiger partial charge in [-0.3, -0.25) is 10.1 Å². The van der Waals surface area contributed by atoms with Crippen LogP contribution in [-0.2, 0) is 0 Å². The Labute approximate surface area is 149 Å². The van der Waals surface area contributed by atoms with Crippen LogP contribution in [0, 0.1) is 10.1 Å². The van der Waals surface area contributed by atoms with Gasteiger partial charge in [0.2, 0.25) is 0 Å². The average molecular weight is 365 g/mol. The molecule has 0 atom stereocenters. The number of anilines is 1. The Balaban J connectivity index is 2.12. The van der Waals surface area contributed by atoms with E-state index in [9.17, 15) is 10.1 Å². The molecule has 0 aliphatic carbocycles. The van der Waals surface area contributed by atoms with Gasteiger partial charge in [-0.05, 0) is 30.3 Å². The molecule has 0 unspecified atom stereocenters. The molecule has 0 radical (unpaired) electrons. The first-order valence-electron chi connectivity index (χ1n) is 7.47. The maximum absolute atomic E-state index is 10.7. The first-order chi connectivity index (χ1) is 12.0. The van der Waals surface area contributed by atoms with Gasteiger partial charge in [0, 0.05) is 30.9 Å². The van der Waals surface area contributed by atoms with Gasteiger partial charge in [-0.2, -0.15) is 5.11 Å². The summed E-state index contributed by atoms with van der Waals surface area (Å²) in [6.45, 7) is 0.805. The van der Waals surface area contributed by atoms with E-state index in [1.807, 2.05) is 4.90 Å².